The summed E-state index contributed by atoms with van der Waals surface area (Å²) in [6, 6.07) is 2.80. The molecule has 5 nitrogen and oxygen atoms in total. The fourth-order valence-electron chi connectivity index (χ4n) is 0.831. The van der Waals surface area contributed by atoms with Crippen LogP contribution in [0.4, 0.5) is 0 Å². The van der Waals surface area contributed by atoms with E-state index in [2.05, 4.69) is 9.72 Å². The number of H-pyrrole nitrogens is 1. The Bertz CT molecular complexity index is 338. The zero-order chi connectivity index (χ0) is 10.4. The summed E-state index contributed by atoms with van der Waals surface area (Å²) in [5.41, 5.74) is -0.214. The number of ether oxygens (including phenoxy) is 2. The van der Waals surface area contributed by atoms with Gasteiger partial charge in [0.1, 0.15) is 5.75 Å². The maximum absolute atomic E-state index is 10.9. The van der Waals surface area contributed by atoms with Gasteiger partial charge in [-0.25, -0.2) is 4.79 Å². The van der Waals surface area contributed by atoms with E-state index >= 15 is 0 Å². The highest BCUT2D eigenvalue weighted by Crippen LogP contribution is 2.03. The van der Waals surface area contributed by atoms with E-state index in [1.54, 1.807) is 6.92 Å². The van der Waals surface area contributed by atoms with Crippen molar-refractivity contribution in [1.29, 1.82) is 0 Å². The third kappa shape index (κ3) is 3.30. The third-order valence-electron chi connectivity index (χ3n) is 1.42. The summed E-state index contributed by atoms with van der Waals surface area (Å²) in [6.07, 6.45) is 1.39. The predicted octanol–water partition coefficient (Wildman–Crippen LogP) is 0.317. The summed E-state index contributed by atoms with van der Waals surface area (Å²) >= 11 is 0. The maximum Gasteiger partial charge on any atom is 0.344 e. The van der Waals surface area contributed by atoms with E-state index in [9.17, 15) is 9.59 Å². The number of carbonyl (C=O) groups excluding carboxylic acids is 1. The van der Waals surface area contributed by atoms with Gasteiger partial charge in [0.15, 0.2) is 6.61 Å². The lowest BCUT2D eigenvalue weighted by Crippen LogP contribution is -2.15. The van der Waals surface area contributed by atoms with Crippen molar-refractivity contribution in [2.45, 2.75) is 6.92 Å². The second kappa shape index (κ2) is 5.06. The van der Waals surface area contributed by atoms with Gasteiger partial charge in [0.05, 0.1) is 6.61 Å². The monoisotopic (exact) mass is 197 g/mol. The molecule has 0 aliphatic carbocycles. The number of rotatable bonds is 4. The van der Waals surface area contributed by atoms with Crippen LogP contribution in [0.2, 0.25) is 0 Å². The Morgan fingerprint density at radius 3 is 2.86 bits per heavy atom. The molecule has 0 unspecified atom stereocenters. The van der Waals surface area contributed by atoms with Gasteiger partial charge in [0.2, 0.25) is 5.56 Å². The quantitative estimate of drug-likeness (QED) is 0.705. The predicted molar refractivity (Wildman–Crippen MR) is 49.2 cm³/mol. The van der Waals surface area contributed by atoms with Crippen LogP contribution in [-0.4, -0.2) is 24.2 Å². The van der Waals surface area contributed by atoms with E-state index in [1.165, 1.54) is 18.3 Å². The minimum absolute atomic E-state index is 0.153. The van der Waals surface area contributed by atoms with Crippen molar-refractivity contribution in [3.05, 3.63) is 28.7 Å². The van der Waals surface area contributed by atoms with E-state index < -0.39 is 5.97 Å². The minimum atomic E-state index is -0.432. The highest BCUT2D eigenvalue weighted by molar-refractivity contribution is 5.71. The fraction of sp³-hybridized carbons (Fsp3) is 0.333. The molecule has 0 aliphatic rings. The molecule has 1 N–H and O–H groups in total. The smallest absolute Gasteiger partial charge is 0.344 e. The van der Waals surface area contributed by atoms with Crippen LogP contribution in [0.5, 0.6) is 5.75 Å². The Morgan fingerprint density at radius 1 is 1.50 bits per heavy atom. The normalized spacial score (nSPS) is 9.50. The molecule has 0 saturated carbocycles. The number of aromatic amines is 1. The molecule has 0 spiro atoms. The number of pyridine rings is 1. The second-order valence-corrected chi connectivity index (χ2v) is 2.48. The van der Waals surface area contributed by atoms with Crippen LogP contribution < -0.4 is 10.3 Å². The Hall–Kier alpha value is -1.78. The molecule has 0 atom stereocenters. The highest BCUT2D eigenvalue weighted by atomic mass is 16.6. The van der Waals surface area contributed by atoms with Crippen LogP contribution in [0.1, 0.15) is 6.92 Å². The first-order valence-electron chi connectivity index (χ1n) is 4.19. The first-order valence-corrected chi connectivity index (χ1v) is 4.19. The van der Waals surface area contributed by atoms with Gasteiger partial charge in [0.25, 0.3) is 0 Å². The molecule has 1 aromatic rings. The fourth-order valence-corrected chi connectivity index (χ4v) is 0.831. The lowest BCUT2D eigenvalue weighted by Gasteiger charge is -2.04. The molecule has 0 aliphatic heterocycles. The summed E-state index contributed by atoms with van der Waals surface area (Å²) in [5.74, 6) is -0.00338. The average Bonchev–Trinajstić information content (AvgIpc) is 2.17. The van der Waals surface area contributed by atoms with Gasteiger partial charge in [-0.2, -0.15) is 0 Å². The lowest BCUT2D eigenvalue weighted by atomic mass is 10.4. The van der Waals surface area contributed by atoms with E-state index in [4.69, 9.17) is 4.74 Å². The molecule has 0 amide bonds. The zero-order valence-electron chi connectivity index (χ0n) is 7.78. The lowest BCUT2D eigenvalue weighted by molar-refractivity contribution is -0.145. The van der Waals surface area contributed by atoms with Crippen LogP contribution in [0.25, 0.3) is 0 Å². The number of aromatic nitrogens is 1. The number of esters is 1. The second-order valence-electron chi connectivity index (χ2n) is 2.48. The van der Waals surface area contributed by atoms with E-state index in [0.29, 0.717) is 12.4 Å². The van der Waals surface area contributed by atoms with Crippen molar-refractivity contribution in [1.82, 2.24) is 4.98 Å². The molecule has 14 heavy (non-hydrogen) atoms. The molecule has 1 aromatic heterocycles. The highest BCUT2D eigenvalue weighted by Gasteiger charge is 2.02. The first-order chi connectivity index (χ1) is 6.72. The van der Waals surface area contributed by atoms with E-state index in [0.717, 1.165) is 0 Å². The summed E-state index contributed by atoms with van der Waals surface area (Å²) in [6.45, 7) is 1.89. The van der Waals surface area contributed by atoms with E-state index in [-0.39, 0.29) is 12.2 Å². The van der Waals surface area contributed by atoms with Gasteiger partial charge in [0, 0.05) is 12.3 Å². The van der Waals surface area contributed by atoms with Crippen molar-refractivity contribution in [3.63, 3.8) is 0 Å². The number of hydrogen-bond donors (Lipinski definition) is 1. The number of carbonyl (C=O) groups is 1. The van der Waals surface area contributed by atoms with Gasteiger partial charge >= 0.3 is 5.97 Å². The Kier molecular flexibility index (Phi) is 3.72. The molecule has 0 radical (unpaired) electrons. The average molecular weight is 197 g/mol. The zero-order valence-corrected chi connectivity index (χ0v) is 7.78. The molecule has 1 heterocycles. The van der Waals surface area contributed by atoms with Gasteiger partial charge in [-0.1, -0.05) is 0 Å². The van der Waals surface area contributed by atoms with Crippen LogP contribution >= 0.6 is 0 Å². The first kappa shape index (κ1) is 10.3. The molecule has 0 aromatic carbocycles. The van der Waals surface area contributed by atoms with Gasteiger partial charge in [-0.15, -0.1) is 0 Å². The summed E-state index contributed by atoms with van der Waals surface area (Å²) < 4.78 is 9.68. The molecule has 76 valence electrons. The summed E-state index contributed by atoms with van der Waals surface area (Å²) in [5, 5.41) is 0. The molecule has 0 saturated heterocycles. The molecular weight excluding hydrogens is 186 g/mol. The number of hydrogen-bond acceptors (Lipinski definition) is 4. The van der Waals surface area contributed by atoms with Crippen molar-refractivity contribution in [3.8, 4) is 5.75 Å². The Labute approximate surface area is 80.7 Å². The molecule has 0 bridgehead atoms. The van der Waals surface area contributed by atoms with E-state index in [1.807, 2.05) is 0 Å². The maximum atomic E-state index is 10.9. The van der Waals surface area contributed by atoms with Crippen molar-refractivity contribution in [2.75, 3.05) is 13.2 Å². The van der Waals surface area contributed by atoms with Crippen LogP contribution in [0.3, 0.4) is 0 Å². The third-order valence-corrected chi connectivity index (χ3v) is 1.42. The molecule has 0 fully saturated rings. The van der Waals surface area contributed by atoms with Gasteiger partial charge in [-0.05, 0) is 13.0 Å². The standard InChI is InChI=1S/C9H11NO4/c1-2-13-9(12)6-14-7-3-4-8(11)10-5-7/h3-5H,2,6H2,1H3,(H,10,11). The number of nitrogens with one attached hydrogen (secondary N) is 1. The van der Waals surface area contributed by atoms with Crippen molar-refractivity contribution in [2.24, 2.45) is 0 Å². The molecule has 1 rings (SSSR count). The van der Waals surface area contributed by atoms with Gasteiger partial charge in [-0.3, -0.25) is 4.79 Å². The minimum Gasteiger partial charge on any atom is -0.480 e. The van der Waals surface area contributed by atoms with Crippen LogP contribution in [-0.2, 0) is 9.53 Å². The van der Waals surface area contributed by atoms with Gasteiger partial charge < -0.3 is 14.5 Å². The Balaban J connectivity index is 2.42. The molecular formula is C9H11NO4. The topological polar surface area (TPSA) is 68.4 Å². The van der Waals surface area contributed by atoms with Crippen molar-refractivity contribution < 1.29 is 14.3 Å². The summed E-state index contributed by atoms with van der Waals surface area (Å²) in [7, 11) is 0. The largest absolute Gasteiger partial charge is 0.480 e. The SMILES string of the molecule is CCOC(=O)COc1ccc(=O)[nH]c1. The summed E-state index contributed by atoms with van der Waals surface area (Å²) in [4.78, 5) is 23.9. The molecule has 5 heteroatoms. The van der Waals surface area contributed by atoms with Crippen LogP contribution in [0.15, 0.2) is 23.1 Å². The Morgan fingerprint density at radius 2 is 2.29 bits per heavy atom. The van der Waals surface area contributed by atoms with Crippen molar-refractivity contribution >= 4 is 5.97 Å². The van der Waals surface area contributed by atoms with Crippen LogP contribution in [0, 0.1) is 0 Å².